The lowest BCUT2D eigenvalue weighted by Gasteiger charge is -2.32. The van der Waals surface area contributed by atoms with Crippen LogP contribution in [0.1, 0.15) is 17.5 Å². The number of aryl methyl sites for hydroxylation is 1. The monoisotopic (exact) mass is 331 g/mol. The highest BCUT2D eigenvalue weighted by atomic mass is 32.1. The molecule has 3 aromatic heterocycles. The summed E-state index contributed by atoms with van der Waals surface area (Å²) in [6, 6.07) is 3.95. The van der Waals surface area contributed by atoms with Crippen molar-refractivity contribution in [2.45, 2.75) is 12.6 Å². The Morgan fingerprint density at radius 3 is 3.17 bits per heavy atom. The first-order chi connectivity index (χ1) is 11.3. The fourth-order valence-corrected chi connectivity index (χ4v) is 3.37. The highest BCUT2D eigenvalue weighted by molar-refractivity contribution is 7.13. The highest BCUT2D eigenvalue weighted by Crippen LogP contribution is 2.28. The maximum Gasteiger partial charge on any atom is 0.246 e. The van der Waals surface area contributed by atoms with Gasteiger partial charge in [-0.05, 0) is 11.4 Å². The van der Waals surface area contributed by atoms with Gasteiger partial charge in [-0.25, -0.2) is 0 Å². The largest absolute Gasteiger partial charge is 0.378 e. The molecule has 0 radical (unpaired) electrons. The molecule has 1 unspecified atom stereocenters. The zero-order chi connectivity index (χ0) is 15.6. The molecule has 0 N–H and O–H groups in total. The second-order valence-corrected chi connectivity index (χ2v) is 6.46. The average molecular weight is 331 g/mol. The summed E-state index contributed by atoms with van der Waals surface area (Å²) in [6.45, 7) is 2.89. The fourth-order valence-electron chi connectivity index (χ4n) is 2.72. The molecule has 4 rings (SSSR count). The SMILES string of the molecule is Cn1cc(CN2CCOCC2c2nc(-c3cccs3)no2)cn1. The van der Waals surface area contributed by atoms with Crippen molar-refractivity contribution in [2.24, 2.45) is 7.05 Å². The van der Waals surface area contributed by atoms with Gasteiger partial charge >= 0.3 is 0 Å². The van der Waals surface area contributed by atoms with Crippen LogP contribution in [0.25, 0.3) is 10.7 Å². The molecule has 4 heterocycles. The van der Waals surface area contributed by atoms with Crippen LogP contribution in [0.3, 0.4) is 0 Å². The van der Waals surface area contributed by atoms with Crippen molar-refractivity contribution >= 4 is 11.3 Å². The third-order valence-corrected chi connectivity index (χ3v) is 4.72. The summed E-state index contributed by atoms with van der Waals surface area (Å²) in [5, 5.41) is 10.3. The maximum absolute atomic E-state index is 5.62. The van der Waals surface area contributed by atoms with Gasteiger partial charge in [-0.2, -0.15) is 10.1 Å². The number of thiophene rings is 1. The van der Waals surface area contributed by atoms with Gasteiger partial charge in [-0.15, -0.1) is 11.3 Å². The summed E-state index contributed by atoms with van der Waals surface area (Å²) in [5.74, 6) is 1.25. The van der Waals surface area contributed by atoms with Crippen molar-refractivity contribution in [2.75, 3.05) is 19.8 Å². The molecule has 1 saturated heterocycles. The zero-order valence-electron chi connectivity index (χ0n) is 12.8. The van der Waals surface area contributed by atoms with E-state index in [1.165, 1.54) is 0 Å². The van der Waals surface area contributed by atoms with Gasteiger partial charge in [0, 0.05) is 31.9 Å². The van der Waals surface area contributed by atoms with Crippen molar-refractivity contribution in [1.82, 2.24) is 24.8 Å². The normalized spacial score (nSPS) is 19.3. The molecule has 0 saturated carbocycles. The van der Waals surface area contributed by atoms with Gasteiger partial charge < -0.3 is 9.26 Å². The number of rotatable bonds is 4. The van der Waals surface area contributed by atoms with Gasteiger partial charge in [0.15, 0.2) is 0 Å². The van der Waals surface area contributed by atoms with Crippen LogP contribution in [-0.2, 0) is 18.3 Å². The van der Waals surface area contributed by atoms with Gasteiger partial charge in [-0.3, -0.25) is 9.58 Å². The number of aromatic nitrogens is 4. The second-order valence-electron chi connectivity index (χ2n) is 5.52. The molecule has 1 atom stereocenters. The Hall–Kier alpha value is -2.03. The molecule has 23 heavy (non-hydrogen) atoms. The van der Waals surface area contributed by atoms with Crippen LogP contribution in [0, 0.1) is 0 Å². The highest BCUT2D eigenvalue weighted by Gasteiger charge is 2.30. The minimum atomic E-state index is -0.0230. The summed E-state index contributed by atoms with van der Waals surface area (Å²) >= 11 is 1.60. The van der Waals surface area contributed by atoms with Crippen molar-refractivity contribution in [1.29, 1.82) is 0 Å². The first-order valence-corrected chi connectivity index (χ1v) is 8.34. The van der Waals surface area contributed by atoms with Gasteiger partial charge in [0.2, 0.25) is 11.7 Å². The van der Waals surface area contributed by atoms with E-state index in [0.29, 0.717) is 24.9 Å². The smallest absolute Gasteiger partial charge is 0.246 e. The molecule has 1 aliphatic heterocycles. The molecular formula is C15H17N5O2S. The van der Waals surface area contributed by atoms with Crippen LogP contribution in [0.2, 0.25) is 0 Å². The first kappa shape index (κ1) is 14.6. The van der Waals surface area contributed by atoms with Crippen LogP contribution < -0.4 is 0 Å². The Labute approximate surface area is 137 Å². The molecule has 1 fully saturated rings. The minimum Gasteiger partial charge on any atom is -0.378 e. The van der Waals surface area contributed by atoms with E-state index >= 15 is 0 Å². The topological polar surface area (TPSA) is 69.2 Å². The Bertz CT molecular complexity index is 767. The number of hydrogen-bond acceptors (Lipinski definition) is 7. The Morgan fingerprint density at radius 2 is 2.39 bits per heavy atom. The molecule has 3 aromatic rings. The molecule has 120 valence electrons. The third-order valence-electron chi connectivity index (χ3n) is 3.85. The van der Waals surface area contributed by atoms with E-state index in [-0.39, 0.29) is 6.04 Å². The lowest BCUT2D eigenvalue weighted by Crippen LogP contribution is -2.39. The summed E-state index contributed by atoms with van der Waals surface area (Å²) in [5.41, 5.74) is 1.16. The summed E-state index contributed by atoms with van der Waals surface area (Å²) in [6.07, 6.45) is 3.91. The van der Waals surface area contributed by atoms with Crippen LogP contribution in [0.15, 0.2) is 34.4 Å². The molecule has 7 nitrogen and oxygen atoms in total. The number of morpholine rings is 1. The van der Waals surface area contributed by atoms with Crippen molar-refractivity contribution in [3.63, 3.8) is 0 Å². The molecule has 0 aromatic carbocycles. The Balaban J connectivity index is 1.55. The molecule has 0 bridgehead atoms. The molecule has 8 heteroatoms. The van der Waals surface area contributed by atoms with Crippen LogP contribution >= 0.6 is 11.3 Å². The van der Waals surface area contributed by atoms with E-state index in [1.807, 2.05) is 41.6 Å². The van der Waals surface area contributed by atoms with E-state index in [2.05, 4.69) is 20.1 Å². The van der Waals surface area contributed by atoms with Gasteiger partial charge in [-0.1, -0.05) is 11.2 Å². The number of nitrogens with zero attached hydrogens (tertiary/aromatic N) is 5. The van der Waals surface area contributed by atoms with E-state index in [9.17, 15) is 0 Å². The van der Waals surface area contributed by atoms with Crippen LogP contribution in [-0.4, -0.2) is 44.6 Å². The minimum absolute atomic E-state index is 0.0230. The molecule has 0 amide bonds. The van der Waals surface area contributed by atoms with E-state index in [1.54, 1.807) is 11.3 Å². The van der Waals surface area contributed by atoms with E-state index in [0.717, 1.165) is 23.5 Å². The van der Waals surface area contributed by atoms with E-state index in [4.69, 9.17) is 9.26 Å². The van der Waals surface area contributed by atoms with Crippen molar-refractivity contribution in [3.8, 4) is 10.7 Å². The fraction of sp³-hybridized carbons (Fsp3) is 0.400. The molecular weight excluding hydrogens is 314 g/mol. The molecule has 0 spiro atoms. The number of ether oxygens (including phenoxy) is 1. The predicted molar refractivity (Wildman–Crippen MR) is 84.8 cm³/mol. The van der Waals surface area contributed by atoms with Gasteiger partial charge in [0.05, 0.1) is 24.3 Å². The predicted octanol–water partition coefficient (Wildman–Crippen LogP) is 2.11. The van der Waals surface area contributed by atoms with Crippen LogP contribution in [0.4, 0.5) is 0 Å². The second kappa shape index (κ2) is 6.23. The van der Waals surface area contributed by atoms with Crippen LogP contribution in [0.5, 0.6) is 0 Å². The molecule has 0 aliphatic carbocycles. The van der Waals surface area contributed by atoms with E-state index < -0.39 is 0 Å². The lowest BCUT2D eigenvalue weighted by atomic mass is 10.2. The Kier molecular flexibility index (Phi) is 3.94. The summed E-state index contributed by atoms with van der Waals surface area (Å²) < 4.78 is 12.9. The van der Waals surface area contributed by atoms with Crippen molar-refractivity contribution in [3.05, 3.63) is 41.4 Å². The first-order valence-electron chi connectivity index (χ1n) is 7.46. The van der Waals surface area contributed by atoms with Gasteiger partial charge in [0.1, 0.15) is 6.04 Å². The maximum atomic E-state index is 5.62. The molecule has 1 aliphatic rings. The Morgan fingerprint density at radius 1 is 1.43 bits per heavy atom. The average Bonchev–Trinajstić information content (AvgIpc) is 3.28. The lowest BCUT2D eigenvalue weighted by molar-refractivity contribution is -0.0241. The quantitative estimate of drug-likeness (QED) is 0.729. The summed E-state index contributed by atoms with van der Waals surface area (Å²) in [4.78, 5) is 7.87. The number of hydrogen-bond donors (Lipinski definition) is 0. The summed E-state index contributed by atoms with van der Waals surface area (Å²) in [7, 11) is 1.92. The van der Waals surface area contributed by atoms with Gasteiger partial charge in [0.25, 0.3) is 0 Å². The zero-order valence-corrected chi connectivity index (χ0v) is 13.6. The van der Waals surface area contributed by atoms with Crippen molar-refractivity contribution < 1.29 is 9.26 Å². The third kappa shape index (κ3) is 3.05. The standard InChI is InChI=1S/C15H17N5O2S/c1-19-8-11(7-16-19)9-20-4-5-21-10-12(20)15-17-14(18-22-15)13-3-2-6-23-13/h2-3,6-8,12H,4-5,9-10H2,1H3.